The predicted octanol–water partition coefficient (Wildman–Crippen LogP) is 1.77. The van der Waals surface area contributed by atoms with Gasteiger partial charge < -0.3 is 5.73 Å². The van der Waals surface area contributed by atoms with Gasteiger partial charge in [0, 0.05) is 6.42 Å². The maximum absolute atomic E-state index is 11.2. The Kier molecular flexibility index (Phi) is 2.36. The highest BCUT2D eigenvalue weighted by Gasteiger charge is 2.26. The van der Waals surface area contributed by atoms with Crippen molar-refractivity contribution >= 4 is 5.78 Å². The molecule has 1 rings (SSSR count). The highest BCUT2D eigenvalue weighted by molar-refractivity contribution is 5.92. The number of ketones is 1. The number of nitrogens with two attached hydrogens (primary N) is 1. The Morgan fingerprint density at radius 3 is 2.67 bits per heavy atom. The second kappa shape index (κ2) is 3.13. The molecule has 2 nitrogen and oxygen atoms in total. The fourth-order valence-electron chi connectivity index (χ4n) is 1.63. The van der Waals surface area contributed by atoms with E-state index in [-0.39, 0.29) is 11.2 Å². The van der Waals surface area contributed by atoms with Crippen molar-refractivity contribution in [2.75, 3.05) is 0 Å². The van der Waals surface area contributed by atoms with E-state index in [2.05, 4.69) is 13.8 Å². The van der Waals surface area contributed by atoms with Crippen molar-refractivity contribution in [3.63, 3.8) is 0 Å². The van der Waals surface area contributed by atoms with Gasteiger partial charge in [0.1, 0.15) is 0 Å². The molecule has 66 valence electrons. The molecular weight excluding hydrogens is 150 g/mol. The molecule has 1 aliphatic rings. The minimum Gasteiger partial charge on any atom is -0.405 e. The first-order valence-electron chi connectivity index (χ1n) is 4.15. The van der Waals surface area contributed by atoms with E-state index in [0.717, 1.165) is 12.0 Å². The highest BCUT2D eigenvalue weighted by Crippen LogP contribution is 2.33. The van der Waals surface area contributed by atoms with Crippen LogP contribution in [0.25, 0.3) is 0 Å². The normalized spacial score (nSPS) is 22.8. The van der Waals surface area contributed by atoms with Crippen molar-refractivity contribution < 1.29 is 4.79 Å². The maximum Gasteiger partial charge on any atom is 0.156 e. The molecule has 0 aliphatic heterocycles. The molecule has 0 saturated heterocycles. The standard InChI is InChI=1S/C10H15NO/c1-10(2)6-8(3-4-11)5-9(12)7-10/h3-5H,6-7,11H2,1-2H3. The Morgan fingerprint density at radius 1 is 1.50 bits per heavy atom. The van der Waals surface area contributed by atoms with Crippen LogP contribution in [0.1, 0.15) is 26.7 Å². The summed E-state index contributed by atoms with van der Waals surface area (Å²) in [7, 11) is 0. The van der Waals surface area contributed by atoms with Gasteiger partial charge in [0.05, 0.1) is 0 Å². The molecule has 0 aromatic heterocycles. The van der Waals surface area contributed by atoms with Crippen molar-refractivity contribution in [3.05, 3.63) is 23.9 Å². The van der Waals surface area contributed by atoms with Crippen molar-refractivity contribution in [2.45, 2.75) is 26.7 Å². The van der Waals surface area contributed by atoms with Crippen LogP contribution >= 0.6 is 0 Å². The van der Waals surface area contributed by atoms with Crippen molar-refractivity contribution in [1.29, 1.82) is 0 Å². The summed E-state index contributed by atoms with van der Waals surface area (Å²) in [6.45, 7) is 4.20. The summed E-state index contributed by atoms with van der Waals surface area (Å²) in [5.41, 5.74) is 6.40. The van der Waals surface area contributed by atoms with Crippen LogP contribution < -0.4 is 5.73 Å². The maximum atomic E-state index is 11.2. The van der Waals surface area contributed by atoms with Gasteiger partial charge in [-0.2, -0.15) is 0 Å². The summed E-state index contributed by atoms with van der Waals surface area (Å²) in [6.07, 6.45) is 6.56. The first kappa shape index (κ1) is 9.04. The molecule has 0 atom stereocenters. The number of hydrogen-bond acceptors (Lipinski definition) is 2. The van der Waals surface area contributed by atoms with E-state index in [4.69, 9.17) is 5.73 Å². The number of hydrogen-bond donors (Lipinski definition) is 1. The van der Waals surface area contributed by atoms with Crippen LogP contribution in [0, 0.1) is 5.41 Å². The summed E-state index contributed by atoms with van der Waals surface area (Å²) < 4.78 is 0. The monoisotopic (exact) mass is 165 g/mol. The molecule has 2 heteroatoms. The van der Waals surface area contributed by atoms with E-state index >= 15 is 0 Å². The Bertz CT molecular complexity index is 249. The SMILES string of the molecule is CC1(C)CC(=O)C=C(C=CN)C1. The molecule has 0 amide bonds. The van der Waals surface area contributed by atoms with E-state index in [9.17, 15) is 4.79 Å². The first-order chi connectivity index (χ1) is 5.53. The van der Waals surface area contributed by atoms with Gasteiger partial charge in [-0.25, -0.2) is 0 Å². The van der Waals surface area contributed by atoms with Crippen molar-refractivity contribution in [1.82, 2.24) is 0 Å². The molecule has 0 radical (unpaired) electrons. The van der Waals surface area contributed by atoms with E-state index in [1.165, 1.54) is 6.20 Å². The molecule has 2 N–H and O–H groups in total. The van der Waals surface area contributed by atoms with Gasteiger partial charge in [-0.05, 0) is 35.8 Å². The summed E-state index contributed by atoms with van der Waals surface area (Å²) in [4.78, 5) is 11.2. The zero-order chi connectivity index (χ0) is 9.19. The van der Waals surface area contributed by atoms with E-state index in [1.807, 2.05) is 0 Å². The topological polar surface area (TPSA) is 43.1 Å². The fourth-order valence-corrected chi connectivity index (χ4v) is 1.63. The lowest BCUT2D eigenvalue weighted by atomic mass is 9.77. The van der Waals surface area contributed by atoms with Crippen LogP contribution in [0.5, 0.6) is 0 Å². The van der Waals surface area contributed by atoms with Crippen LogP contribution in [0.15, 0.2) is 23.9 Å². The van der Waals surface area contributed by atoms with Gasteiger partial charge in [-0.1, -0.05) is 13.8 Å². The van der Waals surface area contributed by atoms with Gasteiger partial charge in [-0.3, -0.25) is 4.79 Å². The van der Waals surface area contributed by atoms with Gasteiger partial charge >= 0.3 is 0 Å². The number of carbonyl (C=O) groups excluding carboxylic acids is 1. The molecule has 0 saturated carbocycles. The Hall–Kier alpha value is -1.05. The highest BCUT2D eigenvalue weighted by atomic mass is 16.1. The van der Waals surface area contributed by atoms with Gasteiger partial charge in [0.2, 0.25) is 0 Å². The van der Waals surface area contributed by atoms with Crippen LogP contribution in [-0.2, 0) is 4.79 Å². The zero-order valence-electron chi connectivity index (χ0n) is 7.63. The average molecular weight is 165 g/mol. The van der Waals surface area contributed by atoms with E-state index in [0.29, 0.717) is 6.42 Å². The molecular formula is C10H15NO. The molecule has 0 aromatic carbocycles. The minimum absolute atomic E-state index is 0.0979. The molecule has 0 bridgehead atoms. The lowest BCUT2D eigenvalue weighted by Gasteiger charge is -2.27. The van der Waals surface area contributed by atoms with Crippen LogP contribution in [0.4, 0.5) is 0 Å². The summed E-state index contributed by atoms with van der Waals surface area (Å²) >= 11 is 0. The second-order valence-corrected chi connectivity index (χ2v) is 4.06. The summed E-state index contributed by atoms with van der Waals surface area (Å²) in [6, 6.07) is 0. The molecule has 1 aliphatic carbocycles. The van der Waals surface area contributed by atoms with Crippen molar-refractivity contribution in [2.24, 2.45) is 11.1 Å². The van der Waals surface area contributed by atoms with Gasteiger partial charge in [0.15, 0.2) is 5.78 Å². The minimum atomic E-state index is 0.0979. The Balaban J connectivity index is 2.83. The van der Waals surface area contributed by atoms with E-state index < -0.39 is 0 Å². The third kappa shape index (κ3) is 2.22. The zero-order valence-corrected chi connectivity index (χ0v) is 7.63. The average Bonchev–Trinajstić information content (AvgIpc) is 1.82. The van der Waals surface area contributed by atoms with E-state index in [1.54, 1.807) is 12.2 Å². The molecule has 0 heterocycles. The van der Waals surface area contributed by atoms with Gasteiger partial charge in [0.25, 0.3) is 0 Å². The quantitative estimate of drug-likeness (QED) is 0.643. The van der Waals surface area contributed by atoms with Crippen LogP contribution in [0.2, 0.25) is 0 Å². The number of carbonyl (C=O) groups is 1. The molecule has 0 aromatic rings. The smallest absolute Gasteiger partial charge is 0.156 e. The van der Waals surface area contributed by atoms with Crippen LogP contribution in [-0.4, -0.2) is 5.78 Å². The largest absolute Gasteiger partial charge is 0.405 e. The number of allylic oxidation sites excluding steroid dienone is 3. The summed E-state index contributed by atoms with van der Waals surface area (Å²) in [5.74, 6) is 0.208. The fraction of sp³-hybridized carbons (Fsp3) is 0.500. The Morgan fingerprint density at radius 2 is 2.17 bits per heavy atom. The Labute approximate surface area is 73.1 Å². The first-order valence-corrected chi connectivity index (χ1v) is 4.15. The summed E-state index contributed by atoms with van der Waals surface area (Å²) in [5, 5.41) is 0. The van der Waals surface area contributed by atoms with Gasteiger partial charge in [-0.15, -0.1) is 0 Å². The molecule has 0 spiro atoms. The van der Waals surface area contributed by atoms with Crippen LogP contribution in [0.3, 0.4) is 0 Å². The third-order valence-corrected chi connectivity index (χ3v) is 1.99. The lowest BCUT2D eigenvalue weighted by Crippen LogP contribution is -2.21. The third-order valence-electron chi connectivity index (χ3n) is 1.99. The second-order valence-electron chi connectivity index (χ2n) is 4.06. The molecule has 0 fully saturated rings. The van der Waals surface area contributed by atoms with Crippen molar-refractivity contribution in [3.8, 4) is 0 Å². The molecule has 0 unspecified atom stereocenters. The number of rotatable bonds is 1. The molecule has 12 heavy (non-hydrogen) atoms. The predicted molar refractivity (Wildman–Crippen MR) is 49.4 cm³/mol. The lowest BCUT2D eigenvalue weighted by molar-refractivity contribution is -0.116.